The van der Waals surface area contributed by atoms with Crippen LogP contribution in [0, 0.1) is 13.8 Å². The molecule has 1 aliphatic heterocycles. The van der Waals surface area contributed by atoms with Crippen molar-refractivity contribution in [1.29, 1.82) is 0 Å². The number of aromatic amines is 1. The van der Waals surface area contributed by atoms with E-state index in [0.717, 1.165) is 55.2 Å². The third kappa shape index (κ3) is 3.81. The minimum atomic E-state index is 0.0196. The predicted octanol–water partition coefficient (Wildman–Crippen LogP) is 2.61. The highest BCUT2D eigenvalue weighted by molar-refractivity contribution is 7.10. The van der Waals surface area contributed by atoms with Gasteiger partial charge in [0, 0.05) is 60.3 Å². The van der Waals surface area contributed by atoms with E-state index in [1.54, 1.807) is 17.5 Å². The van der Waals surface area contributed by atoms with Gasteiger partial charge in [0.15, 0.2) is 0 Å². The lowest BCUT2D eigenvalue weighted by molar-refractivity contribution is 0.0952. The lowest BCUT2D eigenvalue weighted by atomic mass is 10.0. The first-order valence-corrected chi connectivity index (χ1v) is 9.99. The second-order valence-corrected chi connectivity index (χ2v) is 7.87. The highest BCUT2D eigenvalue weighted by Crippen LogP contribution is 2.30. The molecular weight excluding hydrogens is 362 g/mol. The van der Waals surface area contributed by atoms with Gasteiger partial charge >= 0.3 is 0 Å². The van der Waals surface area contributed by atoms with Gasteiger partial charge in [-0.3, -0.25) is 14.8 Å². The van der Waals surface area contributed by atoms with E-state index in [9.17, 15) is 4.79 Å². The number of hydrogen-bond acceptors (Lipinski definition) is 6. The zero-order valence-electron chi connectivity index (χ0n) is 15.5. The van der Waals surface area contributed by atoms with Crippen LogP contribution >= 0.6 is 11.3 Å². The van der Waals surface area contributed by atoms with E-state index >= 15 is 0 Å². The van der Waals surface area contributed by atoms with E-state index in [-0.39, 0.29) is 5.91 Å². The van der Waals surface area contributed by atoms with Crippen molar-refractivity contribution in [3.8, 4) is 0 Å². The standard InChI is InChI=1S/C19H23N5O2S/c1-12-16(13(2)26-23-12)9-24-8-5-15-17(11-27-18(15)10-24)19(25)20-6-3-14-4-7-21-22-14/h4,7,11H,3,5-6,8-10H2,1-2H3,(H,20,25)(H,21,22). The molecule has 4 heterocycles. The van der Waals surface area contributed by atoms with Crippen LogP contribution in [0.3, 0.4) is 0 Å². The summed E-state index contributed by atoms with van der Waals surface area (Å²) < 4.78 is 5.27. The number of rotatable bonds is 6. The Kier molecular flexibility index (Phi) is 5.09. The average molecular weight is 385 g/mol. The number of fused-ring (bicyclic) bond motifs is 1. The molecule has 0 aliphatic carbocycles. The summed E-state index contributed by atoms with van der Waals surface area (Å²) in [5, 5.41) is 15.9. The van der Waals surface area contributed by atoms with Crippen molar-refractivity contribution in [2.24, 2.45) is 0 Å². The Labute approximate surface area is 161 Å². The first-order chi connectivity index (χ1) is 13.1. The van der Waals surface area contributed by atoms with E-state index < -0.39 is 0 Å². The summed E-state index contributed by atoms with van der Waals surface area (Å²) in [6, 6.07) is 1.92. The summed E-state index contributed by atoms with van der Waals surface area (Å²) in [5.74, 6) is 0.910. The van der Waals surface area contributed by atoms with Gasteiger partial charge in [-0.1, -0.05) is 5.16 Å². The zero-order chi connectivity index (χ0) is 18.8. The van der Waals surface area contributed by atoms with Crippen LogP contribution in [0.2, 0.25) is 0 Å². The minimum Gasteiger partial charge on any atom is -0.361 e. The molecule has 1 amide bonds. The monoisotopic (exact) mass is 385 g/mol. The first kappa shape index (κ1) is 17.9. The highest BCUT2D eigenvalue weighted by atomic mass is 32.1. The minimum absolute atomic E-state index is 0.0196. The van der Waals surface area contributed by atoms with Crippen molar-refractivity contribution >= 4 is 17.2 Å². The van der Waals surface area contributed by atoms with Gasteiger partial charge < -0.3 is 9.84 Å². The van der Waals surface area contributed by atoms with Crippen LogP contribution in [0.5, 0.6) is 0 Å². The maximum atomic E-state index is 12.6. The summed E-state index contributed by atoms with van der Waals surface area (Å²) in [7, 11) is 0. The molecule has 1 aliphatic rings. The van der Waals surface area contributed by atoms with E-state index in [4.69, 9.17) is 4.52 Å². The van der Waals surface area contributed by atoms with Crippen LogP contribution < -0.4 is 5.32 Å². The molecule has 7 nitrogen and oxygen atoms in total. The van der Waals surface area contributed by atoms with Gasteiger partial charge in [-0.25, -0.2) is 0 Å². The SMILES string of the molecule is Cc1noc(C)c1CN1CCc2c(C(=O)NCCc3ccn[nH]3)csc2C1. The van der Waals surface area contributed by atoms with Crippen molar-refractivity contribution in [1.82, 2.24) is 25.6 Å². The fourth-order valence-corrected chi connectivity index (χ4v) is 4.61. The topological polar surface area (TPSA) is 87.1 Å². The third-order valence-electron chi connectivity index (χ3n) is 5.07. The van der Waals surface area contributed by atoms with Crippen LogP contribution in [0.25, 0.3) is 0 Å². The Morgan fingerprint density at radius 2 is 2.33 bits per heavy atom. The van der Waals surface area contributed by atoms with Crippen molar-refractivity contribution in [3.05, 3.63) is 56.4 Å². The summed E-state index contributed by atoms with van der Waals surface area (Å²) in [6.45, 7) is 7.18. The zero-order valence-corrected chi connectivity index (χ0v) is 16.4. The van der Waals surface area contributed by atoms with Crippen molar-refractivity contribution in [3.63, 3.8) is 0 Å². The number of aromatic nitrogens is 3. The Morgan fingerprint density at radius 1 is 1.44 bits per heavy atom. The van der Waals surface area contributed by atoms with Gasteiger partial charge in [0.2, 0.25) is 0 Å². The smallest absolute Gasteiger partial charge is 0.252 e. The Hall–Kier alpha value is -2.45. The number of amides is 1. The molecule has 2 N–H and O–H groups in total. The van der Waals surface area contributed by atoms with Gasteiger partial charge in [0.1, 0.15) is 5.76 Å². The number of carbonyl (C=O) groups excluding carboxylic acids is 1. The van der Waals surface area contributed by atoms with E-state index in [0.29, 0.717) is 6.54 Å². The summed E-state index contributed by atoms with van der Waals surface area (Å²) in [6.07, 6.45) is 3.37. The van der Waals surface area contributed by atoms with Crippen LogP contribution in [0.15, 0.2) is 22.2 Å². The van der Waals surface area contributed by atoms with Crippen LogP contribution in [0.4, 0.5) is 0 Å². The molecule has 0 fully saturated rings. The lowest BCUT2D eigenvalue weighted by Crippen LogP contribution is -2.31. The maximum Gasteiger partial charge on any atom is 0.252 e. The van der Waals surface area contributed by atoms with Crippen molar-refractivity contribution in [2.75, 3.05) is 13.1 Å². The molecule has 8 heteroatoms. The average Bonchev–Trinajstić information content (AvgIpc) is 3.38. The fraction of sp³-hybridized carbons (Fsp3) is 0.421. The molecule has 3 aromatic rings. The number of H-pyrrole nitrogens is 1. The molecule has 142 valence electrons. The fourth-order valence-electron chi connectivity index (χ4n) is 3.49. The predicted molar refractivity (Wildman–Crippen MR) is 103 cm³/mol. The maximum absolute atomic E-state index is 12.6. The second-order valence-electron chi connectivity index (χ2n) is 6.90. The molecule has 0 atom stereocenters. The van der Waals surface area contributed by atoms with E-state index in [1.165, 1.54) is 16.0 Å². The van der Waals surface area contributed by atoms with Crippen LogP contribution in [0.1, 0.15) is 43.5 Å². The number of thiophene rings is 1. The largest absolute Gasteiger partial charge is 0.361 e. The molecule has 4 rings (SSSR count). The van der Waals surface area contributed by atoms with Gasteiger partial charge in [0.05, 0.1) is 11.3 Å². The highest BCUT2D eigenvalue weighted by Gasteiger charge is 2.25. The molecule has 0 bridgehead atoms. The van der Waals surface area contributed by atoms with Gasteiger partial charge in [0.25, 0.3) is 5.91 Å². The molecule has 0 saturated carbocycles. The van der Waals surface area contributed by atoms with E-state index in [1.807, 2.05) is 25.3 Å². The molecule has 27 heavy (non-hydrogen) atoms. The lowest BCUT2D eigenvalue weighted by Gasteiger charge is -2.27. The number of aryl methyl sites for hydroxylation is 2. The Bertz CT molecular complexity index is 909. The molecule has 0 radical (unpaired) electrons. The van der Waals surface area contributed by atoms with Crippen molar-refractivity contribution in [2.45, 2.75) is 39.8 Å². The number of nitrogens with zero attached hydrogens (tertiary/aromatic N) is 3. The Morgan fingerprint density at radius 3 is 3.07 bits per heavy atom. The molecule has 0 aromatic carbocycles. The van der Waals surface area contributed by atoms with Crippen LogP contribution in [-0.2, 0) is 25.9 Å². The van der Waals surface area contributed by atoms with Crippen LogP contribution in [-0.4, -0.2) is 39.3 Å². The molecular formula is C19H23N5O2S. The third-order valence-corrected chi connectivity index (χ3v) is 6.09. The molecule has 3 aromatic heterocycles. The molecule has 0 spiro atoms. The van der Waals surface area contributed by atoms with E-state index in [2.05, 4.69) is 25.6 Å². The number of nitrogens with one attached hydrogen (secondary N) is 2. The summed E-state index contributed by atoms with van der Waals surface area (Å²) in [5.41, 5.74) is 5.19. The first-order valence-electron chi connectivity index (χ1n) is 9.11. The number of carbonyl (C=O) groups is 1. The van der Waals surface area contributed by atoms with Crippen molar-refractivity contribution < 1.29 is 9.32 Å². The van der Waals surface area contributed by atoms with Gasteiger partial charge in [-0.2, -0.15) is 5.10 Å². The molecule has 0 unspecified atom stereocenters. The second kappa shape index (κ2) is 7.66. The summed E-state index contributed by atoms with van der Waals surface area (Å²) >= 11 is 1.68. The normalized spacial score (nSPS) is 14.3. The quantitative estimate of drug-likeness (QED) is 0.681. The van der Waals surface area contributed by atoms with Gasteiger partial charge in [-0.05, 0) is 31.9 Å². The van der Waals surface area contributed by atoms with Gasteiger partial charge in [-0.15, -0.1) is 11.3 Å². The number of hydrogen-bond donors (Lipinski definition) is 2. The summed E-state index contributed by atoms with van der Waals surface area (Å²) in [4.78, 5) is 16.2. The molecule has 0 saturated heterocycles. The Balaban J connectivity index is 1.37.